The topological polar surface area (TPSA) is 41.1 Å². The molecule has 2 N–H and O–H groups in total. The summed E-state index contributed by atoms with van der Waals surface area (Å²) in [6.07, 6.45) is 0. The highest BCUT2D eigenvalue weighted by Gasteiger charge is 2.11. The number of hydrogen-bond acceptors (Lipinski definition) is 2. The molecule has 3 heteroatoms. The Hall–Kier alpha value is -1.87. The average Bonchev–Trinajstić information content (AvgIpc) is 2.36. The third kappa shape index (κ3) is 3.80. The quantitative estimate of drug-likeness (QED) is 0.885. The highest BCUT2D eigenvalue weighted by molar-refractivity contribution is 6.02. The number of carbonyl (C=O) groups excluding carboxylic acids is 1. The van der Waals surface area contributed by atoms with Crippen LogP contribution in [0, 0.1) is 0 Å². The Bertz CT molecular complexity index is 579. The standard InChI is InChI=1S/C16H20N2O/c1-16(2,3)17-11-15(19)18-14-10-6-8-12-7-4-5-9-13(12)14/h4-10,17H,11H2,1-3H3,(H,18,19). The molecule has 2 aromatic rings. The number of nitrogens with one attached hydrogen (secondary N) is 2. The van der Waals surface area contributed by atoms with E-state index in [-0.39, 0.29) is 11.4 Å². The van der Waals surface area contributed by atoms with Crippen LogP contribution in [0.25, 0.3) is 10.8 Å². The van der Waals surface area contributed by atoms with Crippen molar-refractivity contribution in [3.05, 3.63) is 42.5 Å². The molecule has 1 amide bonds. The summed E-state index contributed by atoms with van der Waals surface area (Å²) >= 11 is 0. The molecule has 0 aliphatic carbocycles. The van der Waals surface area contributed by atoms with Gasteiger partial charge in [-0.1, -0.05) is 36.4 Å². The summed E-state index contributed by atoms with van der Waals surface area (Å²) in [5.41, 5.74) is 0.801. The zero-order chi connectivity index (χ0) is 13.9. The van der Waals surface area contributed by atoms with E-state index in [1.54, 1.807) is 0 Å². The molecule has 0 unspecified atom stereocenters. The molecule has 0 fully saturated rings. The molecular formula is C16H20N2O. The molecule has 0 saturated heterocycles. The Kier molecular flexibility index (Phi) is 3.86. The Morgan fingerprint density at radius 3 is 2.47 bits per heavy atom. The summed E-state index contributed by atoms with van der Waals surface area (Å²) in [6, 6.07) is 14.0. The van der Waals surface area contributed by atoms with Crippen molar-refractivity contribution >= 4 is 22.4 Å². The molecule has 100 valence electrons. The van der Waals surface area contributed by atoms with Gasteiger partial charge in [0, 0.05) is 16.6 Å². The van der Waals surface area contributed by atoms with E-state index in [9.17, 15) is 4.79 Å². The third-order valence-electron chi connectivity index (χ3n) is 2.84. The van der Waals surface area contributed by atoms with E-state index in [1.807, 2.05) is 63.2 Å². The summed E-state index contributed by atoms with van der Waals surface area (Å²) in [7, 11) is 0. The highest BCUT2D eigenvalue weighted by atomic mass is 16.1. The normalized spacial score (nSPS) is 11.5. The Balaban J connectivity index is 2.11. The lowest BCUT2D eigenvalue weighted by Crippen LogP contribution is -2.41. The minimum atomic E-state index is -0.0594. The smallest absolute Gasteiger partial charge is 0.238 e. The van der Waals surface area contributed by atoms with Crippen LogP contribution in [0.5, 0.6) is 0 Å². The zero-order valence-electron chi connectivity index (χ0n) is 11.7. The summed E-state index contributed by atoms with van der Waals surface area (Å²) in [5, 5.41) is 8.33. The predicted molar refractivity (Wildman–Crippen MR) is 80.3 cm³/mol. The molecule has 0 aromatic heterocycles. The largest absolute Gasteiger partial charge is 0.324 e. The number of rotatable bonds is 3. The maximum absolute atomic E-state index is 11.9. The van der Waals surface area contributed by atoms with E-state index in [4.69, 9.17) is 0 Å². The monoisotopic (exact) mass is 256 g/mol. The first-order valence-corrected chi connectivity index (χ1v) is 6.48. The highest BCUT2D eigenvalue weighted by Crippen LogP contribution is 2.22. The van der Waals surface area contributed by atoms with Crippen molar-refractivity contribution in [2.45, 2.75) is 26.3 Å². The Morgan fingerprint density at radius 1 is 1.05 bits per heavy atom. The molecule has 3 nitrogen and oxygen atoms in total. The van der Waals surface area contributed by atoms with Crippen molar-refractivity contribution in [3.63, 3.8) is 0 Å². The Morgan fingerprint density at radius 2 is 1.74 bits per heavy atom. The van der Waals surface area contributed by atoms with Crippen molar-refractivity contribution in [1.29, 1.82) is 0 Å². The average molecular weight is 256 g/mol. The van der Waals surface area contributed by atoms with Crippen molar-refractivity contribution < 1.29 is 4.79 Å². The van der Waals surface area contributed by atoms with Gasteiger partial charge in [0.25, 0.3) is 0 Å². The van der Waals surface area contributed by atoms with Gasteiger partial charge >= 0.3 is 0 Å². The van der Waals surface area contributed by atoms with Crippen LogP contribution < -0.4 is 10.6 Å². The minimum Gasteiger partial charge on any atom is -0.324 e. The van der Waals surface area contributed by atoms with Crippen molar-refractivity contribution in [3.8, 4) is 0 Å². The summed E-state index contributed by atoms with van der Waals surface area (Å²) in [5.74, 6) is -0.0220. The first-order valence-electron chi connectivity index (χ1n) is 6.48. The molecule has 0 bridgehead atoms. The van der Waals surface area contributed by atoms with Crippen LogP contribution in [-0.4, -0.2) is 18.0 Å². The summed E-state index contributed by atoms with van der Waals surface area (Å²) in [6.45, 7) is 6.43. The van der Waals surface area contributed by atoms with Crippen LogP contribution in [0.4, 0.5) is 5.69 Å². The molecule has 0 aliphatic heterocycles. The van der Waals surface area contributed by atoms with Gasteiger partial charge in [-0.3, -0.25) is 4.79 Å². The number of amides is 1. The van der Waals surface area contributed by atoms with Crippen LogP contribution in [0.15, 0.2) is 42.5 Å². The molecule has 0 saturated carbocycles. The van der Waals surface area contributed by atoms with E-state index in [2.05, 4.69) is 10.6 Å². The molecular weight excluding hydrogens is 236 g/mol. The lowest BCUT2D eigenvalue weighted by Gasteiger charge is -2.20. The van der Waals surface area contributed by atoms with Crippen molar-refractivity contribution in [2.24, 2.45) is 0 Å². The molecule has 2 aromatic carbocycles. The van der Waals surface area contributed by atoms with Crippen LogP contribution in [0.3, 0.4) is 0 Å². The number of fused-ring (bicyclic) bond motifs is 1. The fraction of sp³-hybridized carbons (Fsp3) is 0.312. The van der Waals surface area contributed by atoms with E-state index in [1.165, 1.54) is 0 Å². The fourth-order valence-electron chi connectivity index (χ4n) is 1.87. The van der Waals surface area contributed by atoms with Gasteiger partial charge in [-0.15, -0.1) is 0 Å². The zero-order valence-corrected chi connectivity index (χ0v) is 11.7. The molecule has 0 aliphatic rings. The second-order valence-electron chi connectivity index (χ2n) is 5.68. The predicted octanol–water partition coefficient (Wildman–Crippen LogP) is 3.17. The van der Waals surface area contributed by atoms with E-state index in [0.717, 1.165) is 16.5 Å². The third-order valence-corrected chi connectivity index (χ3v) is 2.84. The Labute approximate surface area is 114 Å². The second kappa shape index (κ2) is 5.41. The maximum atomic E-state index is 11.9. The first kappa shape index (κ1) is 13.6. The van der Waals surface area contributed by atoms with Gasteiger partial charge in [0.05, 0.1) is 6.54 Å². The van der Waals surface area contributed by atoms with Crippen molar-refractivity contribution in [2.75, 3.05) is 11.9 Å². The first-order chi connectivity index (χ1) is 8.96. The molecule has 0 heterocycles. The SMILES string of the molecule is CC(C)(C)NCC(=O)Nc1cccc2ccccc12. The van der Waals surface area contributed by atoms with E-state index < -0.39 is 0 Å². The van der Waals surface area contributed by atoms with Gasteiger partial charge in [0.15, 0.2) is 0 Å². The van der Waals surface area contributed by atoms with Crippen LogP contribution >= 0.6 is 0 Å². The van der Waals surface area contributed by atoms with Crippen LogP contribution in [0.1, 0.15) is 20.8 Å². The van der Waals surface area contributed by atoms with Crippen LogP contribution in [0.2, 0.25) is 0 Å². The minimum absolute atomic E-state index is 0.0220. The number of carbonyl (C=O) groups is 1. The molecule has 0 atom stereocenters. The lowest BCUT2D eigenvalue weighted by atomic mass is 10.1. The van der Waals surface area contributed by atoms with E-state index >= 15 is 0 Å². The van der Waals surface area contributed by atoms with Gasteiger partial charge in [0.2, 0.25) is 5.91 Å². The van der Waals surface area contributed by atoms with Gasteiger partial charge in [0.1, 0.15) is 0 Å². The molecule has 0 spiro atoms. The maximum Gasteiger partial charge on any atom is 0.238 e. The second-order valence-corrected chi connectivity index (χ2v) is 5.68. The summed E-state index contributed by atoms with van der Waals surface area (Å²) in [4.78, 5) is 11.9. The van der Waals surface area contributed by atoms with Gasteiger partial charge < -0.3 is 10.6 Å². The fourth-order valence-corrected chi connectivity index (χ4v) is 1.87. The van der Waals surface area contributed by atoms with Gasteiger partial charge in [-0.05, 0) is 32.2 Å². The number of benzene rings is 2. The summed E-state index contributed by atoms with van der Waals surface area (Å²) < 4.78 is 0. The van der Waals surface area contributed by atoms with Crippen LogP contribution in [-0.2, 0) is 4.79 Å². The number of hydrogen-bond donors (Lipinski definition) is 2. The molecule has 2 rings (SSSR count). The van der Waals surface area contributed by atoms with E-state index in [0.29, 0.717) is 6.54 Å². The lowest BCUT2D eigenvalue weighted by molar-refractivity contribution is -0.115. The number of anilines is 1. The van der Waals surface area contributed by atoms with Crippen molar-refractivity contribution in [1.82, 2.24) is 5.32 Å². The van der Waals surface area contributed by atoms with Gasteiger partial charge in [-0.25, -0.2) is 0 Å². The van der Waals surface area contributed by atoms with Gasteiger partial charge in [-0.2, -0.15) is 0 Å². The molecule has 19 heavy (non-hydrogen) atoms. The molecule has 0 radical (unpaired) electrons.